The summed E-state index contributed by atoms with van der Waals surface area (Å²) in [5.41, 5.74) is 1.07. The largest absolute Gasteiger partial charge is 0.481 e. The molecule has 0 spiro atoms. The third-order valence-corrected chi connectivity index (χ3v) is 11.2. The van der Waals surface area contributed by atoms with Gasteiger partial charge in [0.05, 0.1) is 58.6 Å². The average Bonchev–Trinajstić information content (AvgIpc) is 3.26. The van der Waals surface area contributed by atoms with Gasteiger partial charge in [0.2, 0.25) is 0 Å². The van der Waals surface area contributed by atoms with Crippen LogP contribution in [0.1, 0.15) is 51.3 Å². The van der Waals surface area contributed by atoms with E-state index in [-0.39, 0.29) is 17.0 Å². The van der Waals surface area contributed by atoms with E-state index in [0.29, 0.717) is 34.3 Å². The van der Waals surface area contributed by atoms with Crippen LogP contribution in [-0.2, 0) is 4.79 Å². The second-order valence-corrected chi connectivity index (χ2v) is 14.2. The fourth-order valence-corrected chi connectivity index (χ4v) is 8.46. The summed E-state index contributed by atoms with van der Waals surface area (Å²) in [6, 6.07) is 4.74. The smallest absolute Gasteiger partial charge is 0.309 e. The Kier molecular flexibility index (Phi) is 7.12. The molecular formula is C28H34Cl2FN6O2S+. The lowest BCUT2D eigenvalue weighted by Crippen LogP contribution is -2.66. The number of aromatic nitrogens is 3. The predicted octanol–water partition coefficient (Wildman–Crippen LogP) is 6.25. The van der Waals surface area contributed by atoms with E-state index in [1.807, 2.05) is 13.8 Å². The molecule has 2 saturated heterocycles. The molecule has 1 aromatic carbocycles. The van der Waals surface area contributed by atoms with Crippen LogP contribution in [0.2, 0.25) is 10.2 Å². The van der Waals surface area contributed by atoms with Gasteiger partial charge in [-0.1, -0.05) is 34.5 Å². The summed E-state index contributed by atoms with van der Waals surface area (Å²) in [6.45, 7) is 7.88. The Labute approximate surface area is 247 Å². The fraction of sp³-hybridized carbons (Fsp3) is 0.571. The normalized spacial score (nSPS) is 29.6. The van der Waals surface area contributed by atoms with Gasteiger partial charge in [-0.3, -0.25) is 4.79 Å². The van der Waals surface area contributed by atoms with E-state index in [1.165, 1.54) is 36.3 Å². The van der Waals surface area contributed by atoms with Crippen molar-refractivity contribution >= 4 is 61.5 Å². The van der Waals surface area contributed by atoms with E-state index < -0.39 is 11.4 Å². The van der Waals surface area contributed by atoms with Gasteiger partial charge in [-0.2, -0.15) is 5.10 Å². The molecule has 3 fully saturated rings. The Balaban J connectivity index is 1.13. The van der Waals surface area contributed by atoms with Crippen molar-refractivity contribution in [2.75, 3.05) is 43.4 Å². The van der Waals surface area contributed by atoms with Crippen LogP contribution in [0, 0.1) is 23.1 Å². The lowest BCUT2D eigenvalue weighted by Gasteiger charge is -2.56. The zero-order valence-corrected chi connectivity index (χ0v) is 25.2. The molecule has 2 N–H and O–H groups in total. The molecule has 1 saturated carbocycles. The molecule has 3 aliphatic rings. The highest BCUT2D eigenvalue weighted by Crippen LogP contribution is 2.48. The summed E-state index contributed by atoms with van der Waals surface area (Å²) >= 11 is 13.7. The Bertz CT molecular complexity index is 1460. The van der Waals surface area contributed by atoms with Crippen LogP contribution in [0.3, 0.4) is 0 Å². The first-order valence-corrected chi connectivity index (χ1v) is 15.4. The van der Waals surface area contributed by atoms with Crippen molar-refractivity contribution < 1.29 is 18.8 Å². The number of nitrogens with zero attached hydrogens (tertiary/aromatic N) is 5. The Morgan fingerprint density at radius 2 is 2.02 bits per heavy atom. The number of carboxylic acids is 1. The van der Waals surface area contributed by atoms with Crippen LogP contribution < -0.4 is 10.2 Å². The van der Waals surface area contributed by atoms with Gasteiger partial charge in [0.1, 0.15) is 11.5 Å². The third-order valence-electron chi connectivity index (χ3n) is 9.52. The molecule has 214 valence electrons. The molecule has 2 aromatic heterocycles. The van der Waals surface area contributed by atoms with Crippen molar-refractivity contribution in [2.45, 2.75) is 51.6 Å². The van der Waals surface area contributed by atoms with Crippen molar-refractivity contribution in [1.82, 2.24) is 15.2 Å². The van der Waals surface area contributed by atoms with Crippen molar-refractivity contribution in [1.29, 1.82) is 0 Å². The lowest BCUT2D eigenvalue weighted by atomic mass is 9.64. The monoisotopic (exact) mass is 607 g/mol. The standard InChI is InChI=1S/C28H33Cl2FN6O2S/c1-15(23-19(29)9-22(30)34-35-23)32-24-20(31)6-7-21-25(24)40-27(33-21)36-12-17(13-36)16-5-4-8-37(3,14-16)18-10-28(2,11-18)26(38)39/h6-7,9,15-18,32H,4-5,8,10-14H2,1-3H3/p+1/t15-,16+,18?,28?,37?/m1/s1. The first-order valence-electron chi connectivity index (χ1n) is 13.8. The highest BCUT2D eigenvalue weighted by molar-refractivity contribution is 7.22. The summed E-state index contributed by atoms with van der Waals surface area (Å²) in [7, 11) is 2.33. The van der Waals surface area contributed by atoms with Crippen LogP contribution in [0.5, 0.6) is 0 Å². The highest BCUT2D eigenvalue weighted by Gasteiger charge is 2.56. The zero-order valence-electron chi connectivity index (χ0n) is 22.8. The molecular weight excluding hydrogens is 574 g/mol. The number of carboxylic acid groups (broad SMARTS) is 1. The molecule has 3 atom stereocenters. The van der Waals surface area contributed by atoms with E-state index in [2.05, 4.69) is 27.5 Å². The van der Waals surface area contributed by atoms with Gasteiger partial charge in [0.25, 0.3) is 0 Å². The first kappa shape index (κ1) is 27.9. The van der Waals surface area contributed by atoms with Gasteiger partial charge in [0.15, 0.2) is 10.3 Å². The minimum absolute atomic E-state index is 0.204. The molecule has 12 heteroatoms. The van der Waals surface area contributed by atoms with Crippen molar-refractivity contribution in [3.05, 3.63) is 39.9 Å². The average molecular weight is 609 g/mol. The van der Waals surface area contributed by atoms with Crippen LogP contribution in [0.4, 0.5) is 15.2 Å². The molecule has 3 aromatic rings. The number of rotatable bonds is 7. The van der Waals surface area contributed by atoms with E-state index in [4.69, 9.17) is 28.2 Å². The Morgan fingerprint density at radius 1 is 1.27 bits per heavy atom. The number of thiazole rings is 1. The summed E-state index contributed by atoms with van der Waals surface area (Å²) in [5, 5.41) is 22.2. The number of hydrogen-bond acceptors (Lipinski definition) is 7. The fourth-order valence-electron chi connectivity index (χ4n) is 6.87. The number of carbonyl (C=O) groups is 1. The molecule has 40 heavy (non-hydrogen) atoms. The van der Waals surface area contributed by atoms with Crippen LogP contribution in [0.15, 0.2) is 18.2 Å². The van der Waals surface area contributed by atoms with Crippen molar-refractivity contribution in [2.24, 2.45) is 17.3 Å². The maximum Gasteiger partial charge on any atom is 0.309 e. The number of anilines is 2. The maximum atomic E-state index is 15.0. The summed E-state index contributed by atoms with van der Waals surface area (Å²) < 4.78 is 16.8. The highest BCUT2D eigenvalue weighted by atomic mass is 35.5. The predicted molar refractivity (Wildman–Crippen MR) is 157 cm³/mol. The van der Waals surface area contributed by atoms with Crippen molar-refractivity contribution in [3.8, 4) is 0 Å². The van der Waals surface area contributed by atoms with Gasteiger partial charge in [-0.05, 0) is 44.9 Å². The lowest BCUT2D eigenvalue weighted by molar-refractivity contribution is -0.949. The van der Waals surface area contributed by atoms with E-state index >= 15 is 4.39 Å². The first-order chi connectivity index (χ1) is 19.0. The van der Waals surface area contributed by atoms with E-state index in [1.54, 1.807) is 6.07 Å². The van der Waals surface area contributed by atoms with Gasteiger partial charge >= 0.3 is 5.97 Å². The van der Waals surface area contributed by atoms with Gasteiger partial charge < -0.3 is 19.8 Å². The van der Waals surface area contributed by atoms with Crippen LogP contribution in [-0.4, -0.2) is 70.0 Å². The second kappa shape index (κ2) is 10.2. The number of aliphatic carboxylic acids is 1. The minimum Gasteiger partial charge on any atom is -0.481 e. The summed E-state index contributed by atoms with van der Waals surface area (Å²) in [4.78, 5) is 18.8. The molecule has 1 aliphatic carbocycles. The second-order valence-electron chi connectivity index (χ2n) is 12.4. The molecule has 0 radical (unpaired) electrons. The quantitative estimate of drug-likeness (QED) is 0.307. The van der Waals surface area contributed by atoms with Crippen molar-refractivity contribution in [3.63, 3.8) is 0 Å². The maximum absolute atomic E-state index is 15.0. The number of hydrogen-bond donors (Lipinski definition) is 2. The Hall–Kier alpha value is -2.27. The SMILES string of the molecule is C[C@@H](Nc1c(F)ccc2nc(N3CC([C@H]4CCC[N+](C)(C5CC(C)(C(=O)O)C5)C4)C3)sc12)c1nnc(Cl)cc1Cl. The molecule has 0 bridgehead atoms. The van der Waals surface area contributed by atoms with Crippen LogP contribution in [0.25, 0.3) is 10.2 Å². The number of halogens is 3. The summed E-state index contributed by atoms with van der Waals surface area (Å²) in [5.74, 6) is 0.199. The molecule has 0 amide bonds. The van der Waals surface area contributed by atoms with Gasteiger partial charge in [0, 0.05) is 37.8 Å². The number of quaternary nitrogens is 1. The van der Waals surface area contributed by atoms with Gasteiger partial charge in [-0.25, -0.2) is 9.37 Å². The zero-order chi connectivity index (χ0) is 28.4. The number of likely N-dealkylation sites (tertiary alicyclic amines) is 1. The van der Waals surface area contributed by atoms with E-state index in [9.17, 15) is 9.90 Å². The molecule has 8 nitrogen and oxygen atoms in total. The minimum atomic E-state index is -0.662. The third kappa shape index (κ3) is 4.91. The van der Waals surface area contributed by atoms with Crippen LogP contribution >= 0.6 is 34.5 Å². The molecule has 4 heterocycles. The number of fused-ring (bicyclic) bond motifs is 1. The summed E-state index contributed by atoms with van der Waals surface area (Å²) in [6.07, 6.45) is 3.96. The topological polar surface area (TPSA) is 91.2 Å². The molecule has 1 unspecified atom stereocenters. The number of piperidine rings is 1. The molecule has 6 rings (SSSR count). The molecule has 2 aliphatic heterocycles. The van der Waals surface area contributed by atoms with E-state index in [0.717, 1.165) is 58.9 Å². The van der Waals surface area contributed by atoms with Gasteiger partial charge in [-0.15, -0.1) is 5.10 Å². The number of benzene rings is 1. The number of nitrogens with one attached hydrogen (secondary N) is 1. The Morgan fingerprint density at radius 3 is 2.73 bits per heavy atom.